The number of thioether (sulfide) groups is 1. The van der Waals surface area contributed by atoms with Gasteiger partial charge in [0.2, 0.25) is 0 Å². The third-order valence-corrected chi connectivity index (χ3v) is 4.79. The molecule has 20 heavy (non-hydrogen) atoms. The lowest BCUT2D eigenvalue weighted by Crippen LogP contribution is -2.24. The molecule has 1 aromatic heterocycles. The maximum absolute atomic E-state index is 12.9. The molecule has 0 spiro atoms. The molecule has 0 saturated heterocycles. The first-order valence-corrected chi connectivity index (χ1v) is 6.95. The Bertz CT molecular complexity index is 762. The van der Waals surface area contributed by atoms with Crippen molar-refractivity contribution < 1.29 is 17.6 Å². The lowest BCUT2D eigenvalue weighted by atomic mass is 9.99. The van der Waals surface area contributed by atoms with Crippen LogP contribution in [0, 0.1) is 13.8 Å². The van der Waals surface area contributed by atoms with E-state index in [1.165, 1.54) is 0 Å². The Morgan fingerprint density at radius 2 is 2.00 bits per heavy atom. The van der Waals surface area contributed by atoms with E-state index in [0.29, 0.717) is 28.3 Å². The van der Waals surface area contributed by atoms with E-state index in [1.54, 1.807) is 6.07 Å². The van der Waals surface area contributed by atoms with E-state index in [0.717, 1.165) is 11.1 Å². The number of hydrogen-bond acceptors (Lipinski definition) is 3. The third-order valence-electron chi connectivity index (χ3n) is 3.42. The van der Waals surface area contributed by atoms with Gasteiger partial charge in [-0.15, -0.1) is 11.8 Å². The molecule has 2 nitrogen and oxygen atoms in total. The topological polar surface area (TPSA) is 30.2 Å². The second-order valence-electron chi connectivity index (χ2n) is 5.00. The van der Waals surface area contributed by atoms with Crippen LogP contribution in [-0.4, -0.2) is 11.4 Å². The molecule has 2 aromatic rings. The standard InChI is InChI=1S/C14H11F3O2S/c1-6-3-7(2)11-8-5-10(14(15,16)17)20-12(8)13(18)19-9(11)4-6/h3-4,10H,5H2,1-2H3. The minimum Gasteiger partial charge on any atom is -0.422 e. The zero-order valence-corrected chi connectivity index (χ0v) is 11.6. The molecule has 3 rings (SSSR count). The molecule has 6 heteroatoms. The molecular formula is C14H11F3O2S. The smallest absolute Gasteiger partial charge is 0.401 e. The van der Waals surface area contributed by atoms with Crippen molar-refractivity contribution >= 4 is 22.7 Å². The molecule has 1 aliphatic heterocycles. The predicted octanol–water partition coefficient (Wildman–Crippen LogP) is 3.99. The monoisotopic (exact) mass is 300 g/mol. The summed E-state index contributed by atoms with van der Waals surface area (Å²) in [6.45, 7) is 3.67. The van der Waals surface area contributed by atoms with Crippen LogP contribution in [0.4, 0.5) is 13.2 Å². The van der Waals surface area contributed by atoms with E-state index in [4.69, 9.17) is 4.42 Å². The molecule has 0 bridgehead atoms. The number of alkyl halides is 3. The van der Waals surface area contributed by atoms with Crippen LogP contribution in [-0.2, 0) is 6.42 Å². The maximum Gasteiger partial charge on any atom is 0.401 e. The average molecular weight is 300 g/mol. The van der Waals surface area contributed by atoms with Gasteiger partial charge in [0, 0.05) is 5.39 Å². The second-order valence-corrected chi connectivity index (χ2v) is 6.22. The average Bonchev–Trinajstić information content (AvgIpc) is 2.72. The van der Waals surface area contributed by atoms with Gasteiger partial charge in [0.05, 0.1) is 4.90 Å². The molecule has 106 valence electrons. The number of benzene rings is 1. The summed E-state index contributed by atoms with van der Waals surface area (Å²) in [6, 6.07) is 3.57. The third kappa shape index (κ3) is 2.02. The Morgan fingerprint density at radius 3 is 2.65 bits per heavy atom. The Balaban J connectivity index is 2.28. The molecule has 1 atom stereocenters. The molecule has 0 aliphatic carbocycles. The Hall–Kier alpha value is -1.43. The van der Waals surface area contributed by atoms with Crippen molar-refractivity contribution in [2.24, 2.45) is 0 Å². The summed E-state index contributed by atoms with van der Waals surface area (Å²) < 4.78 is 43.8. The molecular weight excluding hydrogens is 289 g/mol. The quantitative estimate of drug-likeness (QED) is 0.689. The van der Waals surface area contributed by atoms with Crippen LogP contribution < -0.4 is 5.63 Å². The van der Waals surface area contributed by atoms with Crippen LogP contribution in [0.5, 0.6) is 0 Å². The van der Waals surface area contributed by atoms with Gasteiger partial charge in [0.25, 0.3) is 0 Å². The van der Waals surface area contributed by atoms with Gasteiger partial charge < -0.3 is 4.42 Å². The number of hydrogen-bond donors (Lipinski definition) is 0. The van der Waals surface area contributed by atoms with E-state index < -0.39 is 17.1 Å². The lowest BCUT2D eigenvalue weighted by molar-refractivity contribution is -0.127. The highest BCUT2D eigenvalue weighted by Gasteiger charge is 2.45. The molecule has 0 N–H and O–H groups in total. The SMILES string of the molecule is Cc1cc(C)c2c3c(c(=O)oc2c1)SC(C(F)(F)F)C3. The van der Waals surface area contributed by atoms with Crippen molar-refractivity contribution in [3.05, 3.63) is 39.2 Å². The molecule has 1 aromatic carbocycles. The maximum atomic E-state index is 12.9. The van der Waals surface area contributed by atoms with Crippen molar-refractivity contribution in [2.45, 2.75) is 36.6 Å². The first-order valence-electron chi connectivity index (χ1n) is 6.07. The molecule has 0 radical (unpaired) electrons. The Kier molecular flexibility index (Phi) is 2.90. The van der Waals surface area contributed by atoms with E-state index in [1.807, 2.05) is 19.9 Å². The molecule has 0 fully saturated rings. The summed E-state index contributed by atoms with van der Waals surface area (Å²) in [7, 11) is 0. The highest BCUT2D eigenvalue weighted by Crippen LogP contribution is 2.45. The molecule has 0 saturated carbocycles. The zero-order valence-electron chi connectivity index (χ0n) is 10.8. The van der Waals surface area contributed by atoms with Crippen LogP contribution in [0.15, 0.2) is 26.2 Å². The van der Waals surface area contributed by atoms with Gasteiger partial charge in [-0.05, 0) is 43.0 Å². The van der Waals surface area contributed by atoms with Gasteiger partial charge in [0.1, 0.15) is 10.8 Å². The van der Waals surface area contributed by atoms with Gasteiger partial charge in [-0.3, -0.25) is 0 Å². The first-order chi connectivity index (χ1) is 9.27. The molecule has 2 heterocycles. The van der Waals surface area contributed by atoms with Gasteiger partial charge in [0.15, 0.2) is 0 Å². The minimum absolute atomic E-state index is 0.103. The Morgan fingerprint density at radius 1 is 1.30 bits per heavy atom. The van der Waals surface area contributed by atoms with Crippen LogP contribution in [0.1, 0.15) is 16.7 Å². The predicted molar refractivity (Wildman–Crippen MR) is 71.4 cm³/mol. The number of fused-ring (bicyclic) bond motifs is 3. The molecule has 1 unspecified atom stereocenters. The number of halogens is 3. The fraction of sp³-hybridized carbons (Fsp3) is 0.357. The van der Waals surface area contributed by atoms with Gasteiger partial charge >= 0.3 is 11.8 Å². The van der Waals surface area contributed by atoms with E-state index in [2.05, 4.69) is 0 Å². The van der Waals surface area contributed by atoms with E-state index in [9.17, 15) is 18.0 Å². The molecule has 1 aliphatic rings. The largest absolute Gasteiger partial charge is 0.422 e. The number of aryl methyl sites for hydroxylation is 2. The highest BCUT2D eigenvalue weighted by atomic mass is 32.2. The summed E-state index contributed by atoms with van der Waals surface area (Å²) in [6.07, 6.45) is -4.49. The van der Waals surface area contributed by atoms with Gasteiger partial charge in [-0.25, -0.2) is 4.79 Å². The minimum atomic E-state index is -4.32. The normalized spacial score (nSPS) is 18.6. The summed E-state index contributed by atoms with van der Waals surface area (Å²) >= 11 is 0.566. The fourth-order valence-corrected chi connectivity index (χ4v) is 3.78. The Labute approximate surface area is 117 Å². The van der Waals surface area contributed by atoms with Crippen molar-refractivity contribution in [3.8, 4) is 0 Å². The van der Waals surface area contributed by atoms with E-state index in [-0.39, 0.29) is 11.3 Å². The summed E-state index contributed by atoms with van der Waals surface area (Å²) in [5, 5.41) is -0.920. The fourth-order valence-electron chi connectivity index (χ4n) is 2.64. The van der Waals surface area contributed by atoms with E-state index >= 15 is 0 Å². The van der Waals surface area contributed by atoms with Crippen LogP contribution in [0.3, 0.4) is 0 Å². The summed E-state index contributed by atoms with van der Waals surface area (Å²) in [5.41, 5.74) is 1.92. The summed E-state index contributed by atoms with van der Waals surface area (Å²) in [5.74, 6) is 0. The second kappa shape index (κ2) is 4.28. The van der Waals surface area contributed by atoms with Crippen LogP contribution in [0.25, 0.3) is 11.0 Å². The van der Waals surface area contributed by atoms with Crippen LogP contribution in [0.2, 0.25) is 0 Å². The highest BCUT2D eigenvalue weighted by molar-refractivity contribution is 8.00. The van der Waals surface area contributed by atoms with Crippen molar-refractivity contribution in [3.63, 3.8) is 0 Å². The van der Waals surface area contributed by atoms with Crippen LogP contribution >= 0.6 is 11.8 Å². The first kappa shape index (κ1) is 13.5. The van der Waals surface area contributed by atoms with Gasteiger partial charge in [-0.1, -0.05) is 6.07 Å². The van der Waals surface area contributed by atoms with Crippen molar-refractivity contribution in [1.29, 1.82) is 0 Å². The molecule has 0 amide bonds. The summed E-state index contributed by atoms with van der Waals surface area (Å²) in [4.78, 5) is 12.0. The lowest BCUT2D eigenvalue weighted by Gasteiger charge is -2.12. The zero-order chi connectivity index (χ0) is 14.7. The van der Waals surface area contributed by atoms with Gasteiger partial charge in [-0.2, -0.15) is 13.2 Å². The van der Waals surface area contributed by atoms with Crippen molar-refractivity contribution in [1.82, 2.24) is 0 Å². The number of rotatable bonds is 0. The van der Waals surface area contributed by atoms with Crippen molar-refractivity contribution in [2.75, 3.05) is 0 Å².